The van der Waals surface area contributed by atoms with Gasteiger partial charge in [-0.3, -0.25) is 9.78 Å². The quantitative estimate of drug-likeness (QED) is 0.121. The number of pyridine rings is 1. The van der Waals surface area contributed by atoms with Crippen LogP contribution in [0.1, 0.15) is 90.9 Å². The standard InChI is InChI=1S/C44H49ClN4O4/c1-30-36(8-6-11-41(30)51-19-7-18-49-16-3-2-4-17-49)37-9-5-10-39-38(37)14-15-42(39)53-44-23-43(52-29-33-20-32(24-46)26-47-27-33)34(22-40(44)45)28-48-25-31-12-13-35(50)21-31/h5-6,8-11,20,22-23,26-27,31,42,48H,2-4,7,12-19,21,25,28-29H2,1H3/t31-,42-/m0/s1. The Morgan fingerprint density at radius 1 is 0.962 bits per heavy atom. The van der Waals surface area contributed by atoms with Crippen LogP contribution in [0.5, 0.6) is 17.2 Å². The van der Waals surface area contributed by atoms with Gasteiger partial charge in [-0.05, 0) is 117 Å². The summed E-state index contributed by atoms with van der Waals surface area (Å²) in [5.74, 6) is 2.85. The third kappa shape index (κ3) is 9.21. The van der Waals surface area contributed by atoms with Crippen molar-refractivity contribution in [3.8, 4) is 34.4 Å². The zero-order valence-electron chi connectivity index (χ0n) is 30.7. The summed E-state index contributed by atoms with van der Waals surface area (Å²) in [6.07, 6.45) is 12.0. The molecule has 0 amide bonds. The van der Waals surface area contributed by atoms with Gasteiger partial charge in [0.2, 0.25) is 0 Å². The molecule has 1 aromatic heterocycles. The second kappa shape index (κ2) is 17.6. The van der Waals surface area contributed by atoms with Crippen LogP contribution in [0.15, 0.2) is 67.0 Å². The number of rotatable bonds is 15. The fourth-order valence-corrected chi connectivity index (χ4v) is 8.29. The van der Waals surface area contributed by atoms with E-state index in [1.807, 2.05) is 12.1 Å². The van der Waals surface area contributed by atoms with Gasteiger partial charge in [-0.2, -0.15) is 5.26 Å². The summed E-state index contributed by atoms with van der Waals surface area (Å²) in [6, 6.07) is 20.6. The molecular weight excluding hydrogens is 684 g/mol. The Bertz CT molecular complexity index is 1950. The Kier molecular flexibility index (Phi) is 12.3. The van der Waals surface area contributed by atoms with Gasteiger partial charge >= 0.3 is 0 Å². The van der Waals surface area contributed by atoms with Crippen molar-refractivity contribution in [1.82, 2.24) is 15.2 Å². The number of nitrogens with one attached hydrogen (secondary N) is 1. The number of Topliss-reactive ketones (excluding diaryl/α,β-unsaturated/α-hetero) is 1. The first kappa shape index (κ1) is 36.9. The normalized spacial score (nSPS) is 18.5. The molecule has 0 spiro atoms. The Labute approximate surface area is 318 Å². The van der Waals surface area contributed by atoms with Crippen molar-refractivity contribution < 1.29 is 19.0 Å². The summed E-state index contributed by atoms with van der Waals surface area (Å²) in [4.78, 5) is 18.6. The van der Waals surface area contributed by atoms with Crippen LogP contribution in [0, 0.1) is 24.2 Å². The van der Waals surface area contributed by atoms with E-state index in [0.717, 1.165) is 67.8 Å². The first-order chi connectivity index (χ1) is 25.9. The van der Waals surface area contributed by atoms with E-state index < -0.39 is 0 Å². The molecule has 1 saturated heterocycles. The molecular formula is C44H49ClN4O4. The number of piperidine rings is 1. The molecule has 53 heavy (non-hydrogen) atoms. The number of nitriles is 1. The molecule has 4 aromatic rings. The lowest BCUT2D eigenvalue weighted by atomic mass is 9.93. The van der Waals surface area contributed by atoms with Crippen LogP contribution in [0.3, 0.4) is 0 Å². The van der Waals surface area contributed by atoms with Gasteiger partial charge in [-0.1, -0.05) is 48.4 Å². The molecule has 2 fully saturated rings. The number of nitrogens with zero attached hydrogens (tertiary/aromatic N) is 3. The van der Waals surface area contributed by atoms with Gasteiger partial charge < -0.3 is 24.4 Å². The average molecular weight is 733 g/mol. The number of benzene rings is 3. The highest BCUT2D eigenvalue weighted by Gasteiger charge is 2.29. The van der Waals surface area contributed by atoms with Gasteiger partial charge in [0, 0.05) is 55.5 Å². The van der Waals surface area contributed by atoms with Crippen LogP contribution in [-0.4, -0.2) is 48.5 Å². The van der Waals surface area contributed by atoms with Crippen molar-refractivity contribution in [1.29, 1.82) is 5.26 Å². The summed E-state index contributed by atoms with van der Waals surface area (Å²) in [5.41, 5.74) is 8.22. The van der Waals surface area contributed by atoms with Crippen LogP contribution in [0.4, 0.5) is 0 Å². The van der Waals surface area contributed by atoms with Gasteiger partial charge in [-0.25, -0.2) is 0 Å². The minimum absolute atomic E-state index is 0.162. The number of hydrogen-bond acceptors (Lipinski definition) is 8. The van der Waals surface area contributed by atoms with Gasteiger partial charge in [-0.15, -0.1) is 0 Å². The number of carbonyl (C=O) groups excluding carboxylic acids is 1. The van der Waals surface area contributed by atoms with E-state index in [1.165, 1.54) is 60.8 Å². The number of halogens is 1. The highest BCUT2D eigenvalue weighted by molar-refractivity contribution is 6.32. The van der Waals surface area contributed by atoms with Crippen molar-refractivity contribution in [3.05, 3.63) is 105 Å². The minimum Gasteiger partial charge on any atom is -0.493 e. The Morgan fingerprint density at radius 3 is 2.64 bits per heavy atom. The monoisotopic (exact) mass is 732 g/mol. The number of ketones is 1. The molecule has 7 rings (SSSR count). The van der Waals surface area contributed by atoms with E-state index in [2.05, 4.69) is 64.6 Å². The van der Waals surface area contributed by atoms with Crippen molar-refractivity contribution in [2.24, 2.45) is 5.92 Å². The maximum atomic E-state index is 11.8. The van der Waals surface area contributed by atoms with Crippen molar-refractivity contribution in [2.75, 3.05) is 32.8 Å². The molecule has 1 N–H and O–H groups in total. The Balaban J connectivity index is 1.06. The van der Waals surface area contributed by atoms with Gasteiger partial charge in [0.15, 0.2) is 0 Å². The zero-order valence-corrected chi connectivity index (χ0v) is 31.4. The summed E-state index contributed by atoms with van der Waals surface area (Å²) >= 11 is 6.93. The molecule has 1 saturated carbocycles. The van der Waals surface area contributed by atoms with E-state index in [-0.39, 0.29) is 12.7 Å². The molecule has 0 bridgehead atoms. The molecule has 0 radical (unpaired) electrons. The number of hydrogen-bond donors (Lipinski definition) is 1. The molecule has 3 aromatic carbocycles. The molecule has 2 heterocycles. The second-order valence-electron chi connectivity index (χ2n) is 14.7. The first-order valence-electron chi connectivity index (χ1n) is 19.2. The van der Waals surface area contributed by atoms with E-state index in [9.17, 15) is 10.1 Å². The Morgan fingerprint density at radius 2 is 1.81 bits per heavy atom. The minimum atomic E-state index is -0.162. The van der Waals surface area contributed by atoms with Gasteiger partial charge in [0.05, 0.1) is 17.2 Å². The summed E-state index contributed by atoms with van der Waals surface area (Å²) in [7, 11) is 0. The third-order valence-electron chi connectivity index (χ3n) is 10.9. The van der Waals surface area contributed by atoms with Crippen LogP contribution in [0.2, 0.25) is 5.02 Å². The van der Waals surface area contributed by atoms with Crippen LogP contribution in [-0.2, 0) is 24.4 Å². The maximum absolute atomic E-state index is 11.8. The van der Waals surface area contributed by atoms with Crippen LogP contribution < -0.4 is 19.5 Å². The fraction of sp³-hybridized carbons (Fsp3) is 0.432. The van der Waals surface area contributed by atoms with E-state index in [4.69, 9.17) is 25.8 Å². The van der Waals surface area contributed by atoms with Gasteiger partial charge in [0.1, 0.15) is 41.8 Å². The zero-order chi connectivity index (χ0) is 36.6. The van der Waals surface area contributed by atoms with E-state index in [1.54, 1.807) is 12.3 Å². The second-order valence-corrected chi connectivity index (χ2v) is 15.1. The fourth-order valence-electron chi connectivity index (χ4n) is 8.06. The van der Waals surface area contributed by atoms with Crippen LogP contribution in [0.25, 0.3) is 11.1 Å². The summed E-state index contributed by atoms with van der Waals surface area (Å²) in [5, 5.41) is 13.4. The highest BCUT2D eigenvalue weighted by atomic mass is 35.5. The molecule has 3 aliphatic rings. The van der Waals surface area contributed by atoms with Crippen molar-refractivity contribution in [3.63, 3.8) is 0 Å². The Hall–Kier alpha value is -4.42. The predicted octanol–water partition coefficient (Wildman–Crippen LogP) is 8.94. The summed E-state index contributed by atoms with van der Waals surface area (Å²) < 4.78 is 19.4. The topological polar surface area (TPSA) is 96.7 Å². The molecule has 9 heteroatoms. The molecule has 8 nitrogen and oxygen atoms in total. The number of carbonyl (C=O) groups is 1. The number of fused-ring (bicyclic) bond motifs is 1. The lowest BCUT2D eigenvalue weighted by Gasteiger charge is -2.26. The highest BCUT2D eigenvalue weighted by Crippen LogP contribution is 2.44. The van der Waals surface area contributed by atoms with Crippen molar-refractivity contribution in [2.45, 2.75) is 84.0 Å². The molecule has 0 unspecified atom stereocenters. The molecule has 2 atom stereocenters. The lowest BCUT2D eigenvalue weighted by molar-refractivity contribution is -0.117. The summed E-state index contributed by atoms with van der Waals surface area (Å²) in [6.45, 7) is 7.93. The SMILES string of the molecule is Cc1c(OCCCN2CCCCC2)cccc1-c1cccc2c1CC[C@@H]2Oc1cc(OCc2cncc(C#N)c2)c(CNC[C@H]2CCC(=O)C2)cc1Cl. The van der Waals surface area contributed by atoms with Gasteiger partial charge in [0.25, 0.3) is 0 Å². The lowest BCUT2D eigenvalue weighted by Crippen LogP contribution is -2.31. The number of likely N-dealkylation sites (tertiary alicyclic amines) is 1. The average Bonchev–Trinajstić information content (AvgIpc) is 3.80. The smallest absolute Gasteiger partial charge is 0.142 e. The first-order valence-corrected chi connectivity index (χ1v) is 19.6. The maximum Gasteiger partial charge on any atom is 0.142 e. The molecule has 2 aliphatic carbocycles. The molecule has 1 aliphatic heterocycles. The molecule has 276 valence electrons. The largest absolute Gasteiger partial charge is 0.493 e. The number of ether oxygens (including phenoxy) is 3. The number of aromatic nitrogens is 1. The van der Waals surface area contributed by atoms with E-state index >= 15 is 0 Å². The van der Waals surface area contributed by atoms with Crippen molar-refractivity contribution >= 4 is 17.4 Å². The van der Waals surface area contributed by atoms with E-state index in [0.29, 0.717) is 53.2 Å². The van der Waals surface area contributed by atoms with Crippen LogP contribution >= 0.6 is 11.6 Å². The third-order valence-corrected chi connectivity index (χ3v) is 11.2. The predicted molar refractivity (Wildman–Crippen MR) is 207 cm³/mol.